The molecule has 0 saturated heterocycles. The number of carbonyl (C=O) groups excluding carboxylic acids is 2. The number of amides is 2. The van der Waals surface area contributed by atoms with Crippen molar-refractivity contribution in [2.75, 3.05) is 10.2 Å². The van der Waals surface area contributed by atoms with Gasteiger partial charge in [-0.3, -0.25) is 14.9 Å². The first kappa shape index (κ1) is 22.1. The Bertz CT molecular complexity index is 1340. The van der Waals surface area contributed by atoms with Crippen molar-refractivity contribution in [2.24, 2.45) is 0 Å². The van der Waals surface area contributed by atoms with Crippen molar-refractivity contribution in [1.82, 2.24) is 15.1 Å². The topological polar surface area (TPSA) is 101 Å². The number of hydrogen-bond acceptors (Lipinski definition) is 6. The van der Waals surface area contributed by atoms with Crippen molar-refractivity contribution in [3.63, 3.8) is 0 Å². The summed E-state index contributed by atoms with van der Waals surface area (Å²) < 4.78 is 19.2. The summed E-state index contributed by atoms with van der Waals surface area (Å²) in [7, 11) is 0. The molecule has 166 valence electrons. The van der Waals surface area contributed by atoms with Crippen molar-refractivity contribution in [1.29, 1.82) is 0 Å². The molecule has 0 fully saturated rings. The first-order valence-corrected chi connectivity index (χ1v) is 10.1. The fraction of sp³-hybridized carbons (Fsp3) is 0.0870. The molecule has 33 heavy (non-hydrogen) atoms. The highest BCUT2D eigenvalue weighted by molar-refractivity contribution is 6.34. The molecule has 0 unspecified atom stereocenters. The van der Waals surface area contributed by atoms with Gasteiger partial charge in [0.05, 0.1) is 22.0 Å². The highest BCUT2D eigenvalue weighted by Crippen LogP contribution is 2.43. The summed E-state index contributed by atoms with van der Waals surface area (Å²) in [6, 6.07) is 14.0. The molecule has 0 atom stereocenters. The van der Waals surface area contributed by atoms with E-state index in [1.165, 1.54) is 49.2 Å². The molecular weight excluding hydrogens is 449 g/mol. The largest absolute Gasteiger partial charge is 0.336 e. The lowest BCUT2D eigenvalue weighted by Gasteiger charge is -2.20. The van der Waals surface area contributed by atoms with Gasteiger partial charge in [0.2, 0.25) is 23.6 Å². The van der Waals surface area contributed by atoms with Crippen LogP contribution >= 0.6 is 11.6 Å². The van der Waals surface area contributed by atoms with Crippen LogP contribution in [0.1, 0.15) is 13.8 Å². The lowest BCUT2D eigenvalue weighted by atomic mass is 10.0. The van der Waals surface area contributed by atoms with Crippen LogP contribution in [-0.4, -0.2) is 26.9 Å². The van der Waals surface area contributed by atoms with Gasteiger partial charge in [-0.25, -0.2) is 19.3 Å². The summed E-state index contributed by atoms with van der Waals surface area (Å²) in [5.41, 5.74) is 1.89. The second-order valence-corrected chi connectivity index (χ2v) is 7.38. The van der Waals surface area contributed by atoms with E-state index in [1.54, 1.807) is 30.3 Å². The van der Waals surface area contributed by atoms with Crippen LogP contribution in [0.4, 0.5) is 21.9 Å². The van der Waals surface area contributed by atoms with Crippen molar-refractivity contribution in [3.05, 3.63) is 71.6 Å². The fourth-order valence-electron chi connectivity index (χ4n) is 3.24. The predicted molar refractivity (Wildman–Crippen MR) is 121 cm³/mol. The summed E-state index contributed by atoms with van der Waals surface area (Å²) in [4.78, 5) is 33.9. The van der Waals surface area contributed by atoms with Gasteiger partial charge in [-0.1, -0.05) is 28.9 Å². The lowest BCUT2D eigenvalue weighted by Crippen LogP contribution is -2.23. The van der Waals surface area contributed by atoms with Gasteiger partial charge in [-0.2, -0.15) is 0 Å². The maximum atomic E-state index is 13.5. The van der Waals surface area contributed by atoms with Gasteiger partial charge < -0.3 is 4.52 Å². The lowest BCUT2D eigenvalue weighted by molar-refractivity contribution is -0.116. The van der Waals surface area contributed by atoms with E-state index in [-0.39, 0.29) is 23.6 Å². The standard InChI is InChI=1S/C23H17ClFN5O3/c1-13(31)27-23-26-12-11-18(28-23)20-21(15-7-9-16(25)10-8-15)29-33-22(20)30(14(2)32)19-6-4-3-5-17(19)24/h3-12H,1-2H3,(H,26,27,28,31). The number of aromatic nitrogens is 3. The van der Waals surface area contributed by atoms with Crippen LogP contribution in [0, 0.1) is 5.82 Å². The summed E-state index contributed by atoms with van der Waals surface area (Å²) in [6.45, 7) is 2.69. The first-order chi connectivity index (χ1) is 15.8. The third-order valence-electron chi connectivity index (χ3n) is 4.60. The fourth-order valence-corrected chi connectivity index (χ4v) is 3.46. The Morgan fingerprint density at radius 1 is 1.06 bits per heavy atom. The molecule has 0 bridgehead atoms. The number of halogens is 2. The number of hydrogen-bond donors (Lipinski definition) is 1. The second-order valence-electron chi connectivity index (χ2n) is 6.97. The molecule has 0 aliphatic rings. The van der Waals surface area contributed by atoms with E-state index in [4.69, 9.17) is 16.1 Å². The Kier molecular flexibility index (Phi) is 6.14. The van der Waals surface area contributed by atoms with Crippen molar-refractivity contribution in [3.8, 4) is 22.5 Å². The first-order valence-electron chi connectivity index (χ1n) is 9.77. The van der Waals surface area contributed by atoms with Crippen LogP contribution in [0.3, 0.4) is 0 Å². The average molecular weight is 466 g/mol. The molecule has 0 saturated carbocycles. The van der Waals surface area contributed by atoms with E-state index in [2.05, 4.69) is 20.4 Å². The number of nitrogens with zero attached hydrogens (tertiary/aromatic N) is 4. The molecule has 2 aromatic heterocycles. The van der Waals surface area contributed by atoms with Crippen molar-refractivity contribution < 1.29 is 18.5 Å². The second kappa shape index (κ2) is 9.17. The van der Waals surface area contributed by atoms with Gasteiger partial charge in [-0.15, -0.1) is 0 Å². The van der Waals surface area contributed by atoms with E-state index < -0.39 is 5.82 Å². The van der Waals surface area contributed by atoms with Crippen LogP contribution in [0.2, 0.25) is 5.02 Å². The molecule has 0 radical (unpaired) electrons. The van der Waals surface area contributed by atoms with Crippen LogP contribution in [0.5, 0.6) is 0 Å². The summed E-state index contributed by atoms with van der Waals surface area (Å²) in [6.07, 6.45) is 1.45. The third kappa shape index (κ3) is 4.58. The summed E-state index contributed by atoms with van der Waals surface area (Å²) >= 11 is 6.36. The van der Waals surface area contributed by atoms with Crippen LogP contribution in [-0.2, 0) is 9.59 Å². The molecule has 2 heterocycles. The molecular formula is C23H17ClFN5O3. The minimum Gasteiger partial charge on any atom is -0.336 e. The Labute approximate surface area is 193 Å². The Balaban J connectivity index is 1.97. The van der Waals surface area contributed by atoms with E-state index in [1.807, 2.05) is 0 Å². The van der Waals surface area contributed by atoms with Gasteiger partial charge in [0.15, 0.2) is 0 Å². The number of carbonyl (C=O) groups is 2. The van der Waals surface area contributed by atoms with E-state index in [0.717, 1.165) is 0 Å². The normalized spacial score (nSPS) is 10.7. The predicted octanol–water partition coefficient (Wildman–Crippen LogP) is 5.23. The van der Waals surface area contributed by atoms with E-state index in [0.29, 0.717) is 33.2 Å². The Morgan fingerprint density at radius 2 is 1.79 bits per heavy atom. The van der Waals surface area contributed by atoms with Gasteiger partial charge >= 0.3 is 0 Å². The monoisotopic (exact) mass is 465 g/mol. The van der Waals surface area contributed by atoms with E-state index in [9.17, 15) is 14.0 Å². The zero-order chi connectivity index (χ0) is 23.5. The maximum Gasteiger partial charge on any atom is 0.248 e. The van der Waals surface area contributed by atoms with Gasteiger partial charge in [0.1, 0.15) is 11.5 Å². The summed E-state index contributed by atoms with van der Waals surface area (Å²) in [5, 5.41) is 7.00. The quantitative estimate of drug-likeness (QED) is 0.433. The number of rotatable bonds is 5. The minimum atomic E-state index is -0.416. The molecule has 0 spiro atoms. The zero-order valence-electron chi connectivity index (χ0n) is 17.5. The molecule has 4 rings (SSSR count). The molecule has 4 aromatic rings. The average Bonchev–Trinajstić information content (AvgIpc) is 3.20. The van der Waals surface area contributed by atoms with Gasteiger partial charge in [0.25, 0.3) is 0 Å². The number of para-hydroxylation sites is 1. The minimum absolute atomic E-state index is 0.0578. The smallest absolute Gasteiger partial charge is 0.248 e. The molecule has 2 amide bonds. The Morgan fingerprint density at radius 3 is 2.45 bits per heavy atom. The summed E-state index contributed by atoms with van der Waals surface area (Å²) in [5.74, 6) is -1.03. The van der Waals surface area contributed by atoms with Crippen molar-refractivity contribution >= 4 is 40.9 Å². The maximum absolute atomic E-state index is 13.5. The number of benzene rings is 2. The van der Waals surface area contributed by atoms with Crippen molar-refractivity contribution in [2.45, 2.75) is 13.8 Å². The highest BCUT2D eigenvalue weighted by atomic mass is 35.5. The van der Waals surface area contributed by atoms with Gasteiger partial charge in [0, 0.05) is 25.6 Å². The number of nitrogens with one attached hydrogen (secondary N) is 1. The van der Waals surface area contributed by atoms with Crippen LogP contribution < -0.4 is 10.2 Å². The van der Waals surface area contributed by atoms with Crippen LogP contribution in [0.25, 0.3) is 22.5 Å². The SMILES string of the molecule is CC(=O)Nc1nccc(-c2c(-c3ccc(F)cc3)noc2N(C(C)=O)c2ccccc2Cl)n1. The van der Waals surface area contributed by atoms with Gasteiger partial charge in [-0.05, 0) is 42.5 Å². The molecule has 0 aliphatic carbocycles. The number of anilines is 3. The third-order valence-corrected chi connectivity index (χ3v) is 4.92. The van der Waals surface area contributed by atoms with Crippen LogP contribution in [0.15, 0.2) is 65.3 Å². The van der Waals surface area contributed by atoms with E-state index >= 15 is 0 Å². The Hall–Kier alpha value is -4.11. The molecule has 1 N–H and O–H groups in total. The molecule has 2 aromatic carbocycles. The molecule has 10 heteroatoms. The molecule has 8 nitrogen and oxygen atoms in total. The molecule has 0 aliphatic heterocycles. The highest BCUT2D eigenvalue weighted by Gasteiger charge is 2.29. The zero-order valence-corrected chi connectivity index (χ0v) is 18.3.